The lowest BCUT2D eigenvalue weighted by atomic mass is 10.1. The molecule has 0 atom stereocenters. The van der Waals surface area contributed by atoms with Crippen LogP contribution in [0, 0.1) is 0 Å². The summed E-state index contributed by atoms with van der Waals surface area (Å²) >= 11 is 5.96. The van der Waals surface area contributed by atoms with E-state index in [-0.39, 0.29) is 5.91 Å². The van der Waals surface area contributed by atoms with Crippen LogP contribution in [0.15, 0.2) is 54.7 Å². The van der Waals surface area contributed by atoms with Gasteiger partial charge in [0, 0.05) is 42.1 Å². The van der Waals surface area contributed by atoms with Crippen LogP contribution >= 0.6 is 11.6 Å². The van der Waals surface area contributed by atoms with Crippen LogP contribution in [0.3, 0.4) is 0 Å². The summed E-state index contributed by atoms with van der Waals surface area (Å²) in [7, 11) is 0. The summed E-state index contributed by atoms with van der Waals surface area (Å²) in [6, 6.07) is 16.3. The van der Waals surface area contributed by atoms with Gasteiger partial charge in [0.2, 0.25) is 5.91 Å². The molecule has 23 heavy (non-hydrogen) atoms. The van der Waals surface area contributed by atoms with E-state index in [0.717, 1.165) is 18.0 Å². The van der Waals surface area contributed by atoms with E-state index in [0.29, 0.717) is 6.54 Å². The summed E-state index contributed by atoms with van der Waals surface area (Å²) in [5, 5.41) is 4.86. The first kappa shape index (κ1) is 15.6. The number of rotatable bonds is 5. The van der Waals surface area contributed by atoms with Crippen molar-refractivity contribution in [2.45, 2.75) is 19.9 Å². The molecule has 0 unspecified atom stereocenters. The number of nitrogens with one attached hydrogen (secondary N) is 1. The van der Waals surface area contributed by atoms with E-state index in [2.05, 4.69) is 40.3 Å². The molecule has 2 aromatic carbocycles. The van der Waals surface area contributed by atoms with Crippen LogP contribution in [0.4, 0.5) is 0 Å². The number of fused-ring (bicyclic) bond motifs is 1. The van der Waals surface area contributed by atoms with E-state index in [1.807, 2.05) is 24.3 Å². The van der Waals surface area contributed by atoms with Gasteiger partial charge in [-0.15, -0.1) is 0 Å². The second kappa shape index (κ2) is 6.88. The van der Waals surface area contributed by atoms with Gasteiger partial charge in [-0.1, -0.05) is 41.9 Å². The minimum atomic E-state index is 0.00917. The number of aromatic nitrogens is 1. The molecule has 4 heteroatoms. The summed E-state index contributed by atoms with van der Waals surface area (Å²) in [6.45, 7) is 3.01. The lowest BCUT2D eigenvalue weighted by Crippen LogP contribution is -2.22. The molecule has 0 saturated heterocycles. The summed E-state index contributed by atoms with van der Waals surface area (Å²) < 4.78 is 2.25. The van der Waals surface area contributed by atoms with Crippen LogP contribution in [-0.2, 0) is 17.8 Å². The van der Waals surface area contributed by atoms with Crippen LogP contribution in [0.5, 0.6) is 0 Å². The molecule has 118 valence electrons. The second-order valence-corrected chi connectivity index (χ2v) is 6.10. The fourth-order valence-electron chi connectivity index (χ4n) is 2.81. The minimum absolute atomic E-state index is 0.00917. The molecule has 3 nitrogen and oxygen atoms in total. The largest absolute Gasteiger partial charge is 0.356 e. The Morgan fingerprint density at radius 1 is 1.13 bits per heavy atom. The van der Waals surface area contributed by atoms with Gasteiger partial charge in [-0.25, -0.2) is 0 Å². The van der Waals surface area contributed by atoms with E-state index in [4.69, 9.17) is 11.6 Å². The average molecular weight is 327 g/mol. The number of carbonyl (C=O) groups is 1. The smallest absolute Gasteiger partial charge is 0.216 e. The van der Waals surface area contributed by atoms with E-state index >= 15 is 0 Å². The van der Waals surface area contributed by atoms with Crippen molar-refractivity contribution in [3.05, 3.63) is 70.9 Å². The van der Waals surface area contributed by atoms with E-state index in [9.17, 15) is 4.79 Å². The normalized spacial score (nSPS) is 10.9. The summed E-state index contributed by atoms with van der Waals surface area (Å²) in [4.78, 5) is 11.0. The minimum Gasteiger partial charge on any atom is -0.356 e. The molecule has 3 aromatic rings. The van der Waals surface area contributed by atoms with Crippen molar-refractivity contribution in [2.24, 2.45) is 0 Å². The Morgan fingerprint density at radius 3 is 2.61 bits per heavy atom. The lowest BCUT2D eigenvalue weighted by Gasteiger charge is -2.05. The molecule has 1 N–H and O–H groups in total. The average Bonchev–Trinajstić information content (AvgIpc) is 2.88. The maximum Gasteiger partial charge on any atom is 0.216 e. The van der Waals surface area contributed by atoms with Crippen molar-refractivity contribution in [1.82, 2.24) is 9.88 Å². The summed E-state index contributed by atoms with van der Waals surface area (Å²) in [6.07, 6.45) is 3.01. The number of hydrogen-bond donors (Lipinski definition) is 1. The number of amides is 1. The molecule has 0 spiro atoms. The molecular formula is C19H19ClN2O. The van der Waals surface area contributed by atoms with Crippen LogP contribution < -0.4 is 5.32 Å². The zero-order chi connectivity index (χ0) is 16.2. The van der Waals surface area contributed by atoms with Crippen molar-refractivity contribution in [3.63, 3.8) is 0 Å². The third kappa shape index (κ3) is 3.74. The number of benzene rings is 2. The van der Waals surface area contributed by atoms with Gasteiger partial charge in [-0.05, 0) is 35.7 Å². The number of para-hydroxylation sites is 1. The van der Waals surface area contributed by atoms with Crippen LogP contribution in [-0.4, -0.2) is 17.0 Å². The topological polar surface area (TPSA) is 34.0 Å². The van der Waals surface area contributed by atoms with Crippen LogP contribution in [0.25, 0.3) is 10.9 Å². The predicted molar refractivity (Wildman–Crippen MR) is 94.9 cm³/mol. The third-order valence-electron chi connectivity index (χ3n) is 3.91. The predicted octanol–water partition coefficient (Wildman–Crippen LogP) is 4.02. The molecule has 0 fully saturated rings. The zero-order valence-corrected chi connectivity index (χ0v) is 13.8. The standard InChI is InChI=1S/C19H19ClN2O/c1-14(23)21-11-10-16-13-22(19-5-3-2-4-18(16)19)12-15-6-8-17(20)9-7-15/h2-9,13H,10-12H2,1H3,(H,21,23). The van der Waals surface area contributed by atoms with Gasteiger partial charge in [-0.3, -0.25) is 4.79 Å². The number of nitrogens with zero attached hydrogens (tertiary/aromatic N) is 1. The highest BCUT2D eigenvalue weighted by molar-refractivity contribution is 6.30. The second-order valence-electron chi connectivity index (χ2n) is 5.66. The first-order chi connectivity index (χ1) is 11.1. The van der Waals surface area contributed by atoms with Crippen molar-refractivity contribution in [3.8, 4) is 0 Å². The Morgan fingerprint density at radius 2 is 1.87 bits per heavy atom. The van der Waals surface area contributed by atoms with E-state index < -0.39 is 0 Å². The van der Waals surface area contributed by atoms with Crippen molar-refractivity contribution in [2.75, 3.05) is 6.54 Å². The molecule has 1 heterocycles. The highest BCUT2D eigenvalue weighted by Crippen LogP contribution is 2.23. The molecule has 0 radical (unpaired) electrons. The van der Waals surface area contributed by atoms with Crippen LogP contribution in [0.2, 0.25) is 5.02 Å². The van der Waals surface area contributed by atoms with Gasteiger partial charge in [0.1, 0.15) is 0 Å². The van der Waals surface area contributed by atoms with Gasteiger partial charge in [-0.2, -0.15) is 0 Å². The van der Waals surface area contributed by atoms with Gasteiger partial charge in [0.15, 0.2) is 0 Å². The zero-order valence-electron chi connectivity index (χ0n) is 13.1. The lowest BCUT2D eigenvalue weighted by molar-refractivity contribution is -0.118. The monoisotopic (exact) mass is 326 g/mol. The van der Waals surface area contributed by atoms with E-state index in [1.165, 1.54) is 22.0 Å². The maximum atomic E-state index is 11.0. The Labute approximate surface area is 140 Å². The first-order valence-corrected chi connectivity index (χ1v) is 8.07. The van der Waals surface area contributed by atoms with E-state index in [1.54, 1.807) is 6.92 Å². The first-order valence-electron chi connectivity index (χ1n) is 7.69. The van der Waals surface area contributed by atoms with Crippen molar-refractivity contribution in [1.29, 1.82) is 0 Å². The molecule has 0 aliphatic heterocycles. The highest BCUT2D eigenvalue weighted by Gasteiger charge is 2.08. The van der Waals surface area contributed by atoms with Gasteiger partial charge in [0.25, 0.3) is 0 Å². The molecule has 0 saturated carbocycles. The Hall–Kier alpha value is -2.26. The Balaban J connectivity index is 1.87. The molecule has 1 amide bonds. The quantitative estimate of drug-likeness (QED) is 0.755. The molecule has 3 rings (SSSR count). The number of hydrogen-bond acceptors (Lipinski definition) is 1. The molecule has 1 aromatic heterocycles. The summed E-state index contributed by atoms with van der Waals surface area (Å²) in [5.41, 5.74) is 3.67. The Bertz CT molecular complexity index is 821. The van der Waals surface area contributed by atoms with Crippen molar-refractivity contribution < 1.29 is 4.79 Å². The maximum absolute atomic E-state index is 11.0. The fraction of sp³-hybridized carbons (Fsp3) is 0.211. The SMILES string of the molecule is CC(=O)NCCc1cn(Cc2ccc(Cl)cc2)c2ccccc12. The number of halogens is 1. The van der Waals surface area contributed by atoms with Crippen molar-refractivity contribution >= 4 is 28.4 Å². The fourth-order valence-corrected chi connectivity index (χ4v) is 2.94. The molecule has 0 aliphatic carbocycles. The van der Waals surface area contributed by atoms with Gasteiger partial charge >= 0.3 is 0 Å². The molecule has 0 bridgehead atoms. The summed E-state index contributed by atoms with van der Waals surface area (Å²) in [5.74, 6) is 0.00917. The highest BCUT2D eigenvalue weighted by atomic mass is 35.5. The third-order valence-corrected chi connectivity index (χ3v) is 4.16. The van der Waals surface area contributed by atoms with Crippen LogP contribution in [0.1, 0.15) is 18.1 Å². The molecular weight excluding hydrogens is 308 g/mol. The Kier molecular flexibility index (Phi) is 4.68. The van der Waals surface area contributed by atoms with Gasteiger partial charge < -0.3 is 9.88 Å². The molecule has 0 aliphatic rings. The van der Waals surface area contributed by atoms with Gasteiger partial charge in [0.05, 0.1) is 0 Å². The number of carbonyl (C=O) groups excluding carboxylic acids is 1.